The Hall–Kier alpha value is -3.64. The van der Waals surface area contributed by atoms with Crippen LogP contribution in [0.5, 0.6) is 0 Å². The molecule has 32 heavy (non-hydrogen) atoms. The van der Waals surface area contributed by atoms with Gasteiger partial charge >= 0.3 is 6.03 Å². The zero-order valence-corrected chi connectivity index (χ0v) is 18.8. The van der Waals surface area contributed by atoms with E-state index in [9.17, 15) is 13.2 Å². The van der Waals surface area contributed by atoms with Crippen LogP contribution >= 0.6 is 11.3 Å². The van der Waals surface area contributed by atoms with E-state index in [4.69, 9.17) is 0 Å². The monoisotopic (exact) mass is 469 g/mol. The summed E-state index contributed by atoms with van der Waals surface area (Å²) in [5.41, 5.74) is 3.73. The number of carbonyl (C=O) groups is 1. The van der Waals surface area contributed by atoms with Crippen LogP contribution in [0.4, 0.5) is 15.9 Å². The fourth-order valence-electron chi connectivity index (χ4n) is 2.96. The van der Waals surface area contributed by atoms with Gasteiger partial charge in [0, 0.05) is 36.3 Å². The number of fused-ring (bicyclic) bond motifs is 1. The highest BCUT2D eigenvalue weighted by Gasteiger charge is 2.15. The number of nitrogens with one attached hydrogen (secondary N) is 3. The summed E-state index contributed by atoms with van der Waals surface area (Å²) in [6.07, 6.45) is 5.80. The highest BCUT2D eigenvalue weighted by atomic mass is 32.2. The lowest BCUT2D eigenvalue weighted by molar-refractivity contribution is 0.252. The topological polar surface area (TPSA) is 139 Å². The summed E-state index contributed by atoms with van der Waals surface area (Å²) < 4.78 is 25.9. The molecule has 0 radical (unpaired) electrons. The molecule has 12 heteroatoms. The maximum absolute atomic E-state index is 11.9. The first-order valence-corrected chi connectivity index (χ1v) is 12.2. The van der Waals surface area contributed by atoms with Crippen molar-refractivity contribution in [2.45, 2.75) is 6.92 Å². The molecule has 0 aliphatic rings. The number of hydrogen-bond acceptors (Lipinski definition) is 8. The van der Waals surface area contributed by atoms with E-state index in [0.29, 0.717) is 22.8 Å². The van der Waals surface area contributed by atoms with E-state index in [2.05, 4.69) is 35.3 Å². The second-order valence-electron chi connectivity index (χ2n) is 6.76. The molecule has 0 aliphatic carbocycles. The number of amides is 2. The zero-order valence-electron chi connectivity index (χ0n) is 17.2. The van der Waals surface area contributed by atoms with E-state index < -0.39 is 10.0 Å². The van der Waals surface area contributed by atoms with Crippen LogP contribution in [0.25, 0.3) is 32.6 Å². The number of benzene rings is 1. The Morgan fingerprint density at radius 3 is 2.53 bits per heavy atom. The molecule has 3 heterocycles. The second kappa shape index (κ2) is 8.85. The Bertz CT molecular complexity index is 1370. The Morgan fingerprint density at radius 1 is 1.09 bits per heavy atom. The number of rotatable bonds is 6. The number of carbonyl (C=O) groups excluding carboxylic acids is 1. The van der Waals surface area contributed by atoms with Gasteiger partial charge in [0.25, 0.3) is 0 Å². The molecule has 3 aromatic heterocycles. The van der Waals surface area contributed by atoms with Gasteiger partial charge in [0.2, 0.25) is 16.0 Å². The summed E-state index contributed by atoms with van der Waals surface area (Å²) in [5.74, 6) is -0.00985. The van der Waals surface area contributed by atoms with Gasteiger partial charge in [-0.3, -0.25) is 15.0 Å². The van der Waals surface area contributed by atoms with Gasteiger partial charge in [-0.2, -0.15) is 0 Å². The summed E-state index contributed by atoms with van der Waals surface area (Å²) in [6, 6.07) is 9.11. The molecule has 4 rings (SSSR count). The maximum Gasteiger partial charge on any atom is 0.321 e. The number of nitrogens with zero attached hydrogens (tertiary/aromatic N) is 4. The van der Waals surface area contributed by atoms with Crippen LogP contribution in [0.1, 0.15) is 6.92 Å². The van der Waals surface area contributed by atoms with E-state index in [-0.39, 0.29) is 12.0 Å². The Balaban J connectivity index is 1.79. The first-order valence-electron chi connectivity index (χ1n) is 9.53. The number of hydrogen-bond donors (Lipinski definition) is 3. The Morgan fingerprint density at radius 2 is 1.88 bits per heavy atom. The zero-order chi connectivity index (χ0) is 22.7. The normalized spacial score (nSPS) is 11.3. The molecule has 2 amide bonds. The Kier molecular flexibility index (Phi) is 5.97. The molecule has 164 valence electrons. The number of urea groups is 1. The summed E-state index contributed by atoms with van der Waals surface area (Å²) in [5, 5.41) is 5.89. The lowest BCUT2D eigenvalue weighted by atomic mass is 10.0. The third-order valence-electron chi connectivity index (χ3n) is 4.25. The molecular formula is C20H19N7O3S2. The minimum absolute atomic E-state index is 0.00985. The van der Waals surface area contributed by atoms with Crippen LogP contribution in [0.3, 0.4) is 0 Å². The smallest absolute Gasteiger partial charge is 0.321 e. The van der Waals surface area contributed by atoms with Crippen molar-refractivity contribution in [2.75, 3.05) is 22.8 Å². The number of aromatic nitrogens is 4. The minimum Gasteiger partial charge on any atom is -0.338 e. The van der Waals surface area contributed by atoms with Gasteiger partial charge in [0.1, 0.15) is 0 Å². The molecule has 0 saturated heterocycles. The van der Waals surface area contributed by atoms with Gasteiger partial charge in [-0.05, 0) is 36.8 Å². The predicted molar refractivity (Wildman–Crippen MR) is 125 cm³/mol. The van der Waals surface area contributed by atoms with Gasteiger partial charge in [0.05, 0.1) is 22.2 Å². The first-order chi connectivity index (χ1) is 15.3. The number of pyridine rings is 1. The molecule has 0 aliphatic heterocycles. The maximum atomic E-state index is 11.9. The lowest BCUT2D eigenvalue weighted by Crippen LogP contribution is -2.28. The molecule has 0 saturated carbocycles. The molecule has 0 unspecified atom stereocenters. The largest absolute Gasteiger partial charge is 0.338 e. The molecule has 3 N–H and O–H groups in total. The average molecular weight is 470 g/mol. The van der Waals surface area contributed by atoms with E-state index in [1.807, 2.05) is 37.3 Å². The second-order valence-corrected chi connectivity index (χ2v) is 9.51. The first kappa shape index (κ1) is 21.6. The minimum atomic E-state index is -3.47. The van der Waals surface area contributed by atoms with Gasteiger partial charge < -0.3 is 5.32 Å². The van der Waals surface area contributed by atoms with Crippen molar-refractivity contribution in [1.29, 1.82) is 0 Å². The molecule has 0 spiro atoms. The van der Waals surface area contributed by atoms with Crippen LogP contribution in [0.2, 0.25) is 0 Å². The van der Waals surface area contributed by atoms with Crippen molar-refractivity contribution in [2.24, 2.45) is 0 Å². The van der Waals surface area contributed by atoms with Crippen LogP contribution < -0.4 is 15.4 Å². The lowest BCUT2D eigenvalue weighted by Gasteiger charge is -2.07. The van der Waals surface area contributed by atoms with Crippen LogP contribution in [-0.4, -0.2) is 47.2 Å². The molecule has 0 atom stereocenters. The van der Waals surface area contributed by atoms with Crippen molar-refractivity contribution < 1.29 is 13.2 Å². The van der Waals surface area contributed by atoms with Gasteiger partial charge in [-0.15, -0.1) is 0 Å². The van der Waals surface area contributed by atoms with Crippen LogP contribution in [-0.2, 0) is 10.0 Å². The van der Waals surface area contributed by atoms with E-state index in [0.717, 1.165) is 27.8 Å². The van der Waals surface area contributed by atoms with Crippen molar-refractivity contribution in [1.82, 2.24) is 25.3 Å². The molecule has 10 nitrogen and oxygen atoms in total. The van der Waals surface area contributed by atoms with E-state index in [1.54, 1.807) is 6.20 Å². The van der Waals surface area contributed by atoms with E-state index in [1.165, 1.54) is 23.7 Å². The molecule has 0 fully saturated rings. The summed E-state index contributed by atoms with van der Waals surface area (Å²) in [4.78, 5) is 29.1. The fourth-order valence-corrected chi connectivity index (χ4v) is 4.36. The van der Waals surface area contributed by atoms with Gasteiger partial charge in [-0.1, -0.05) is 17.4 Å². The van der Waals surface area contributed by atoms with Crippen molar-refractivity contribution in [3.63, 3.8) is 0 Å². The molecule has 1 aromatic carbocycles. The highest BCUT2D eigenvalue weighted by molar-refractivity contribution is 7.91. The highest BCUT2D eigenvalue weighted by Crippen LogP contribution is 2.38. The van der Waals surface area contributed by atoms with Crippen LogP contribution in [0.15, 0.2) is 48.9 Å². The van der Waals surface area contributed by atoms with Gasteiger partial charge in [-0.25, -0.2) is 28.2 Å². The quantitative estimate of drug-likeness (QED) is 0.394. The molecule has 4 aromatic rings. The fraction of sp³-hybridized carbons (Fsp3) is 0.150. The number of sulfonamides is 1. The Labute approximate surface area is 188 Å². The molecule has 0 bridgehead atoms. The predicted octanol–water partition coefficient (Wildman–Crippen LogP) is 3.33. The number of thiazole rings is 1. The van der Waals surface area contributed by atoms with Crippen molar-refractivity contribution >= 4 is 48.7 Å². The van der Waals surface area contributed by atoms with Crippen LogP contribution in [0, 0.1) is 0 Å². The standard InChI is InChI=1S/C20H19N7O3S2/c1-3-21-19(28)26-20-25-16-9-12(13-10-23-18(24-11-13)27-32(2,29)30)8-14(17(16)31-20)15-6-4-5-7-22-15/h4-11H,3H2,1-2H3,(H,23,24,27)(H2,21,25,26,28). The average Bonchev–Trinajstić information content (AvgIpc) is 3.15. The van der Waals surface area contributed by atoms with Gasteiger partial charge in [0.15, 0.2) is 5.13 Å². The van der Waals surface area contributed by atoms with Crippen molar-refractivity contribution in [3.8, 4) is 22.4 Å². The SMILES string of the molecule is CCNC(=O)Nc1nc2cc(-c3cnc(NS(C)(=O)=O)nc3)cc(-c3ccccn3)c2s1. The van der Waals surface area contributed by atoms with Crippen molar-refractivity contribution in [3.05, 3.63) is 48.9 Å². The third-order valence-corrected chi connectivity index (χ3v) is 5.82. The summed E-state index contributed by atoms with van der Waals surface area (Å²) in [7, 11) is -3.47. The summed E-state index contributed by atoms with van der Waals surface area (Å²) in [6.45, 7) is 2.34. The van der Waals surface area contributed by atoms with E-state index >= 15 is 0 Å². The molecular weight excluding hydrogens is 450 g/mol. The third kappa shape index (κ3) is 4.98. The number of anilines is 2. The summed E-state index contributed by atoms with van der Waals surface area (Å²) >= 11 is 1.35.